The van der Waals surface area contributed by atoms with Gasteiger partial charge < -0.3 is 10.1 Å². The Kier molecular flexibility index (Phi) is 7.87. The summed E-state index contributed by atoms with van der Waals surface area (Å²) in [6, 6.07) is 1.42. The predicted octanol–water partition coefficient (Wildman–Crippen LogP) is 2.51. The van der Waals surface area contributed by atoms with Crippen molar-refractivity contribution in [1.29, 1.82) is 0 Å². The van der Waals surface area contributed by atoms with Crippen molar-refractivity contribution in [3.05, 3.63) is 0 Å². The van der Waals surface area contributed by atoms with Gasteiger partial charge in [-0.2, -0.15) is 0 Å². The molecule has 0 aromatic carbocycles. The maximum atomic E-state index is 5.71. The third kappa shape index (κ3) is 6.17. The van der Waals surface area contributed by atoms with Crippen LogP contribution in [0.5, 0.6) is 0 Å². The van der Waals surface area contributed by atoms with E-state index < -0.39 is 0 Å². The van der Waals surface area contributed by atoms with Gasteiger partial charge >= 0.3 is 0 Å². The van der Waals surface area contributed by atoms with Gasteiger partial charge in [0.2, 0.25) is 0 Å². The first-order chi connectivity index (χ1) is 8.63. The molecule has 1 saturated heterocycles. The molecule has 0 aliphatic carbocycles. The predicted molar refractivity (Wildman–Crippen MR) is 78.0 cm³/mol. The summed E-state index contributed by atoms with van der Waals surface area (Å²) in [6.45, 7) is 14.2. The van der Waals surface area contributed by atoms with E-state index in [1.165, 1.54) is 25.8 Å². The number of nitrogens with one attached hydrogen (secondary N) is 1. The molecule has 3 nitrogen and oxygen atoms in total. The summed E-state index contributed by atoms with van der Waals surface area (Å²) in [7, 11) is 0. The van der Waals surface area contributed by atoms with Gasteiger partial charge in [0.1, 0.15) is 0 Å². The quantitative estimate of drug-likeness (QED) is 0.675. The summed E-state index contributed by atoms with van der Waals surface area (Å²) < 4.78 is 5.71. The molecule has 2 atom stereocenters. The van der Waals surface area contributed by atoms with Crippen LogP contribution in [0, 0.1) is 5.92 Å². The monoisotopic (exact) mass is 256 g/mol. The zero-order chi connectivity index (χ0) is 13.4. The van der Waals surface area contributed by atoms with Crippen LogP contribution in [-0.4, -0.2) is 49.8 Å². The molecule has 3 heteroatoms. The minimum atomic E-state index is 0.691. The fraction of sp³-hybridized carbons (Fsp3) is 1.00. The SMILES string of the molecule is CCNC1CCN(CCOCCC(C)C)C(C)C1. The van der Waals surface area contributed by atoms with Gasteiger partial charge in [-0.25, -0.2) is 0 Å². The molecule has 0 bridgehead atoms. The molecule has 1 rings (SSSR count). The molecule has 2 unspecified atom stereocenters. The van der Waals surface area contributed by atoms with Crippen LogP contribution in [0.3, 0.4) is 0 Å². The van der Waals surface area contributed by atoms with Crippen LogP contribution < -0.4 is 5.32 Å². The lowest BCUT2D eigenvalue weighted by Crippen LogP contribution is -2.48. The molecule has 1 heterocycles. The first-order valence-electron chi connectivity index (χ1n) is 7.68. The van der Waals surface area contributed by atoms with Gasteiger partial charge in [0.15, 0.2) is 0 Å². The molecule has 0 spiro atoms. The second-order valence-electron chi connectivity index (χ2n) is 5.96. The standard InChI is InChI=1S/C15H32N2O/c1-5-16-15-6-8-17(14(4)12-15)9-11-18-10-7-13(2)3/h13-16H,5-12H2,1-4H3. The van der Waals surface area contributed by atoms with Crippen LogP contribution in [0.1, 0.15) is 47.0 Å². The van der Waals surface area contributed by atoms with Gasteiger partial charge in [-0.3, -0.25) is 4.90 Å². The largest absolute Gasteiger partial charge is 0.380 e. The highest BCUT2D eigenvalue weighted by molar-refractivity contribution is 4.82. The number of likely N-dealkylation sites (tertiary alicyclic amines) is 1. The zero-order valence-electron chi connectivity index (χ0n) is 12.7. The second kappa shape index (κ2) is 8.89. The Balaban J connectivity index is 2.08. The van der Waals surface area contributed by atoms with Crippen LogP contribution in [0.2, 0.25) is 0 Å². The second-order valence-corrected chi connectivity index (χ2v) is 5.96. The van der Waals surface area contributed by atoms with E-state index in [-0.39, 0.29) is 0 Å². The first-order valence-corrected chi connectivity index (χ1v) is 7.68. The van der Waals surface area contributed by atoms with Crippen LogP contribution in [-0.2, 0) is 4.74 Å². The molecule has 1 aliphatic rings. The molecular formula is C15H32N2O. The van der Waals surface area contributed by atoms with Crippen LogP contribution in [0.4, 0.5) is 0 Å². The van der Waals surface area contributed by atoms with E-state index in [4.69, 9.17) is 4.74 Å². The summed E-state index contributed by atoms with van der Waals surface area (Å²) in [5.41, 5.74) is 0. The number of rotatable bonds is 8. The Bertz CT molecular complexity index is 209. The van der Waals surface area contributed by atoms with Crippen LogP contribution >= 0.6 is 0 Å². The zero-order valence-corrected chi connectivity index (χ0v) is 12.7. The Morgan fingerprint density at radius 1 is 1.33 bits per heavy atom. The van der Waals surface area contributed by atoms with Gasteiger partial charge in [0, 0.05) is 25.2 Å². The van der Waals surface area contributed by atoms with E-state index in [1.54, 1.807) is 0 Å². The van der Waals surface area contributed by atoms with Crippen molar-refractivity contribution in [2.45, 2.75) is 59.0 Å². The molecule has 108 valence electrons. The Morgan fingerprint density at radius 2 is 2.11 bits per heavy atom. The van der Waals surface area contributed by atoms with Gasteiger partial charge in [-0.05, 0) is 45.2 Å². The van der Waals surface area contributed by atoms with Crippen molar-refractivity contribution in [1.82, 2.24) is 10.2 Å². The summed E-state index contributed by atoms with van der Waals surface area (Å²) in [4.78, 5) is 2.57. The normalized spacial score (nSPS) is 25.8. The highest BCUT2D eigenvalue weighted by Crippen LogP contribution is 2.16. The number of hydrogen-bond acceptors (Lipinski definition) is 3. The van der Waals surface area contributed by atoms with E-state index >= 15 is 0 Å². The van der Waals surface area contributed by atoms with Crippen LogP contribution in [0.25, 0.3) is 0 Å². The maximum Gasteiger partial charge on any atom is 0.0593 e. The van der Waals surface area contributed by atoms with Crippen molar-refractivity contribution in [2.24, 2.45) is 5.92 Å². The minimum Gasteiger partial charge on any atom is -0.380 e. The summed E-state index contributed by atoms with van der Waals surface area (Å²) in [5.74, 6) is 0.750. The van der Waals surface area contributed by atoms with Crippen molar-refractivity contribution in [3.8, 4) is 0 Å². The molecular weight excluding hydrogens is 224 g/mol. The molecule has 0 saturated carbocycles. The molecule has 0 radical (unpaired) electrons. The summed E-state index contributed by atoms with van der Waals surface area (Å²) in [6.07, 6.45) is 3.74. The number of ether oxygens (including phenoxy) is 1. The highest BCUT2D eigenvalue weighted by atomic mass is 16.5. The number of piperidine rings is 1. The van der Waals surface area contributed by atoms with Gasteiger partial charge in [0.25, 0.3) is 0 Å². The molecule has 0 aromatic heterocycles. The summed E-state index contributed by atoms with van der Waals surface area (Å²) in [5, 5.41) is 3.57. The topological polar surface area (TPSA) is 24.5 Å². The Labute approximate surface area is 113 Å². The van der Waals surface area contributed by atoms with Crippen molar-refractivity contribution >= 4 is 0 Å². The van der Waals surface area contributed by atoms with Crippen molar-refractivity contribution in [2.75, 3.05) is 32.8 Å². The third-order valence-electron chi connectivity index (χ3n) is 3.87. The minimum absolute atomic E-state index is 0.691. The van der Waals surface area contributed by atoms with E-state index in [0.717, 1.165) is 38.3 Å². The van der Waals surface area contributed by atoms with Crippen molar-refractivity contribution < 1.29 is 4.74 Å². The van der Waals surface area contributed by atoms with E-state index in [0.29, 0.717) is 6.04 Å². The fourth-order valence-corrected chi connectivity index (χ4v) is 2.63. The van der Waals surface area contributed by atoms with Gasteiger partial charge in [0.05, 0.1) is 6.61 Å². The molecule has 0 aromatic rings. The lowest BCUT2D eigenvalue weighted by atomic mass is 9.98. The molecule has 0 amide bonds. The summed E-state index contributed by atoms with van der Waals surface area (Å²) >= 11 is 0. The van der Waals surface area contributed by atoms with Crippen molar-refractivity contribution in [3.63, 3.8) is 0 Å². The molecule has 1 N–H and O–H groups in total. The maximum absolute atomic E-state index is 5.71. The van der Waals surface area contributed by atoms with Gasteiger partial charge in [-0.15, -0.1) is 0 Å². The van der Waals surface area contributed by atoms with E-state index in [1.807, 2.05) is 0 Å². The molecule has 1 aliphatic heterocycles. The number of hydrogen-bond donors (Lipinski definition) is 1. The van der Waals surface area contributed by atoms with E-state index in [9.17, 15) is 0 Å². The van der Waals surface area contributed by atoms with E-state index in [2.05, 4.69) is 37.9 Å². The number of nitrogens with zero attached hydrogens (tertiary/aromatic N) is 1. The van der Waals surface area contributed by atoms with Crippen LogP contribution in [0.15, 0.2) is 0 Å². The Morgan fingerprint density at radius 3 is 2.72 bits per heavy atom. The van der Waals surface area contributed by atoms with Gasteiger partial charge in [-0.1, -0.05) is 20.8 Å². The average molecular weight is 256 g/mol. The highest BCUT2D eigenvalue weighted by Gasteiger charge is 2.24. The third-order valence-corrected chi connectivity index (χ3v) is 3.87. The molecule has 18 heavy (non-hydrogen) atoms. The Hall–Kier alpha value is -0.120. The smallest absolute Gasteiger partial charge is 0.0593 e. The fourth-order valence-electron chi connectivity index (χ4n) is 2.63. The lowest BCUT2D eigenvalue weighted by molar-refractivity contribution is 0.0650. The first kappa shape index (κ1) is 15.9. The lowest BCUT2D eigenvalue weighted by Gasteiger charge is -2.37. The molecule has 1 fully saturated rings. The average Bonchev–Trinajstić information content (AvgIpc) is 2.31.